The second-order valence-electron chi connectivity index (χ2n) is 4.20. The van der Waals surface area contributed by atoms with E-state index in [1.165, 1.54) is 30.6 Å². The summed E-state index contributed by atoms with van der Waals surface area (Å²) in [6.07, 6.45) is 0. The predicted octanol–water partition coefficient (Wildman–Crippen LogP) is 2.38. The molecule has 0 saturated carbocycles. The molecule has 2 rings (SSSR count). The number of thiophene rings is 1. The average Bonchev–Trinajstić information content (AvgIpc) is 2.94. The van der Waals surface area contributed by atoms with Gasteiger partial charge in [0, 0.05) is 22.5 Å². The van der Waals surface area contributed by atoms with Crippen LogP contribution < -0.4 is 11.1 Å². The second kappa shape index (κ2) is 6.36. The molecule has 0 spiro atoms. The van der Waals surface area contributed by atoms with Crippen LogP contribution in [-0.2, 0) is 11.3 Å². The highest BCUT2D eigenvalue weighted by Crippen LogP contribution is 2.21. The highest BCUT2D eigenvalue weighted by molar-refractivity contribution is 7.10. The van der Waals surface area contributed by atoms with Crippen molar-refractivity contribution in [2.45, 2.75) is 6.54 Å². The molecule has 0 saturated heterocycles. The van der Waals surface area contributed by atoms with Crippen LogP contribution in [-0.4, -0.2) is 19.0 Å². The van der Waals surface area contributed by atoms with Crippen molar-refractivity contribution < 1.29 is 18.7 Å². The standard InChI is InChI=1S/C14H13FN2O3S/c1-20-14(19)11-5-9(15)2-3-12(11)17-6-10-4-8(7-21-10)13(16)18/h2-5,7,17H,6H2,1H3,(H2,16,18). The number of anilines is 1. The molecule has 21 heavy (non-hydrogen) atoms. The van der Waals surface area contributed by atoms with E-state index >= 15 is 0 Å². The van der Waals surface area contributed by atoms with E-state index in [0.29, 0.717) is 17.8 Å². The molecular formula is C14H13FN2O3S. The van der Waals surface area contributed by atoms with Crippen molar-refractivity contribution in [1.82, 2.24) is 0 Å². The van der Waals surface area contributed by atoms with Crippen molar-refractivity contribution in [2.75, 3.05) is 12.4 Å². The number of methoxy groups -OCH3 is 1. The Morgan fingerprint density at radius 3 is 2.76 bits per heavy atom. The minimum absolute atomic E-state index is 0.115. The SMILES string of the molecule is COC(=O)c1cc(F)ccc1NCc1cc(C(N)=O)cs1. The van der Waals surface area contributed by atoms with Crippen LogP contribution in [0.15, 0.2) is 29.6 Å². The number of carbonyl (C=O) groups is 2. The predicted molar refractivity (Wildman–Crippen MR) is 77.9 cm³/mol. The van der Waals surface area contributed by atoms with Crippen LogP contribution in [0.3, 0.4) is 0 Å². The lowest BCUT2D eigenvalue weighted by atomic mass is 10.1. The molecule has 7 heteroatoms. The van der Waals surface area contributed by atoms with Gasteiger partial charge in [-0.1, -0.05) is 0 Å². The van der Waals surface area contributed by atoms with E-state index in [-0.39, 0.29) is 5.56 Å². The molecule has 110 valence electrons. The second-order valence-corrected chi connectivity index (χ2v) is 5.20. The Hall–Kier alpha value is -2.41. The van der Waals surface area contributed by atoms with Gasteiger partial charge in [0.2, 0.25) is 5.91 Å². The van der Waals surface area contributed by atoms with Gasteiger partial charge in [0.1, 0.15) is 5.82 Å². The van der Waals surface area contributed by atoms with Gasteiger partial charge < -0.3 is 15.8 Å². The zero-order valence-corrected chi connectivity index (χ0v) is 12.0. The molecule has 0 aliphatic heterocycles. The number of hydrogen-bond acceptors (Lipinski definition) is 5. The summed E-state index contributed by atoms with van der Waals surface area (Å²) in [5, 5.41) is 4.67. The van der Waals surface area contributed by atoms with Gasteiger partial charge in [0.15, 0.2) is 0 Å². The molecule has 0 aliphatic rings. The third-order valence-electron chi connectivity index (χ3n) is 2.78. The Labute approximate surface area is 124 Å². The van der Waals surface area contributed by atoms with Crippen LogP contribution in [0, 0.1) is 5.82 Å². The molecule has 0 bridgehead atoms. The van der Waals surface area contributed by atoms with Crippen molar-refractivity contribution in [3.63, 3.8) is 0 Å². The highest BCUT2D eigenvalue weighted by atomic mass is 32.1. The Morgan fingerprint density at radius 1 is 1.38 bits per heavy atom. The zero-order chi connectivity index (χ0) is 15.4. The minimum atomic E-state index is -0.624. The summed E-state index contributed by atoms with van der Waals surface area (Å²) < 4.78 is 17.8. The minimum Gasteiger partial charge on any atom is -0.465 e. The molecule has 0 atom stereocenters. The van der Waals surface area contributed by atoms with Gasteiger partial charge in [-0.05, 0) is 24.3 Å². The van der Waals surface area contributed by atoms with Crippen LogP contribution in [0.2, 0.25) is 0 Å². The Kier molecular flexibility index (Phi) is 4.54. The lowest BCUT2D eigenvalue weighted by Gasteiger charge is -2.10. The number of halogens is 1. The van der Waals surface area contributed by atoms with E-state index < -0.39 is 17.7 Å². The summed E-state index contributed by atoms with van der Waals surface area (Å²) in [7, 11) is 1.23. The van der Waals surface area contributed by atoms with Crippen molar-refractivity contribution in [1.29, 1.82) is 0 Å². The lowest BCUT2D eigenvalue weighted by molar-refractivity contribution is 0.0601. The molecule has 5 nitrogen and oxygen atoms in total. The molecule has 1 aromatic carbocycles. The maximum absolute atomic E-state index is 13.2. The number of amides is 1. The topological polar surface area (TPSA) is 81.4 Å². The maximum Gasteiger partial charge on any atom is 0.340 e. The number of hydrogen-bond donors (Lipinski definition) is 2. The largest absolute Gasteiger partial charge is 0.465 e. The number of primary amides is 1. The van der Waals surface area contributed by atoms with Crippen LogP contribution >= 0.6 is 11.3 Å². The van der Waals surface area contributed by atoms with Gasteiger partial charge >= 0.3 is 5.97 Å². The van der Waals surface area contributed by atoms with Crippen LogP contribution in [0.1, 0.15) is 25.6 Å². The van der Waals surface area contributed by atoms with Gasteiger partial charge in [-0.25, -0.2) is 9.18 Å². The molecular weight excluding hydrogens is 295 g/mol. The molecule has 3 N–H and O–H groups in total. The number of carbonyl (C=O) groups excluding carboxylic acids is 2. The Balaban J connectivity index is 2.15. The number of benzene rings is 1. The van der Waals surface area contributed by atoms with E-state index in [1.54, 1.807) is 11.4 Å². The van der Waals surface area contributed by atoms with E-state index in [2.05, 4.69) is 10.1 Å². The molecule has 1 aromatic heterocycles. The number of ether oxygens (including phenoxy) is 1. The van der Waals surface area contributed by atoms with E-state index in [4.69, 9.17) is 5.73 Å². The van der Waals surface area contributed by atoms with E-state index in [1.807, 2.05) is 0 Å². The van der Waals surface area contributed by atoms with Crippen molar-refractivity contribution in [2.24, 2.45) is 5.73 Å². The summed E-state index contributed by atoms with van der Waals surface area (Å²) in [4.78, 5) is 23.5. The smallest absolute Gasteiger partial charge is 0.340 e. The Bertz CT molecular complexity index is 685. The average molecular weight is 308 g/mol. The molecule has 1 heterocycles. The molecule has 0 unspecified atom stereocenters. The van der Waals surface area contributed by atoms with Gasteiger partial charge in [-0.2, -0.15) is 0 Å². The fraction of sp³-hybridized carbons (Fsp3) is 0.143. The Morgan fingerprint density at radius 2 is 2.14 bits per heavy atom. The van der Waals surface area contributed by atoms with Crippen molar-refractivity contribution in [3.8, 4) is 0 Å². The van der Waals surface area contributed by atoms with Crippen molar-refractivity contribution in [3.05, 3.63) is 51.5 Å². The zero-order valence-electron chi connectivity index (χ0n) is 11.2. The van der Waals surface area contributed by atoms with Crippen LogP contribution in [0.25, 0.3) is 0 Å². The van der Waals surface area contributed by atoms with Crippen LogP contribution in [0.5, 0.6) is 0 Å². The monoisotopic (exact) mass is 308 g/mol. The van der Waals surface area contributed by atoms with E-state index in [0.717, 1.165) is 10.9 Å². The molecule has 1 amide bonds. The van der Waals surface area contributed by atoms with Gasteiger partial charge in [0.05, 0.1) is 18.2 Å². The first-order valence-electron chi connectivity index (χ1n) is 6.00. The van der Waals surface area contributed by atoms with Crippen LogP contribution in [0.4, 0.5) is 10.1 Å². The lowest BCUT2D eigenvalue weighted by Crippen LogP contribution is -2.10. The third kappa shape index (κ3) is 3.57. The van der Waals surface area contributed by atoms with E-state index in [9.17, 15) is 14.0 Å². The first kappa shape index (κ1) is 15.0. The third-order valence-corrected chi connectivity index (χ3v) is 3.71. The van der Waals surface area contributed by atoms with Crippen molar-refractivity contribution >= 4 is 28.9 Å². The summed E-state index contributed by atoms with van der Waals surface area (Å²) in [5.74, 6) is -1.64. The summed E-state index contributed by atoms with van der Waals surface area (Å²) in [6, 6.07) is 5.49. The first-order chi connectivity index (χ1) is 10.0. The maximum atomic E-state index is 13.2. The molecule has 0 aliphatic carbocycles. The normalized spacial score (nSPS) is 10.2. The highest BCUT2D eigenvalue weighted by Gasteiger charge is 2.13. The molecule has 0 radical (unpaired) electrons. The summed E-state index contributed by atoms with van der Waals surface area (Å²) >= 11 is 1.37. The number of nitrogens with two attached hydrogens (primary N) is 1. The quantitative estimate of drug-likeness (QED) is 0.831. The molecule has 0 fully saturated rings. The van der Waals surface area contributed by atoms with Gasteiger partial charge in [-0.3, -0.25) is 4.79 Å². The summed E-state index contributed by atoms with van der Waals surface area (Å²) in [5.41, 5.74) is 6.18. The number of rotatable bonds is 5. The van der Waals surface area contributed by atoms with Gasteiger partial charge in [0.25, 0.3) is 0 Å². The first-order valence-corrected chi connectivity index (χ1v) is 6.88. The summed E-state index contributed by atoms with van der Waals surface area (Å²) in [6.45, 7) is 0.383. The fourth-order valence-corrected chi connectivity index (χ4v) is 2.55. The fourth-order valence-electron chi connectivity index (χ4n) is 1.73. The van der Waals surface area contributed by atoms with Gasteiger partial charge in [-0.15, -0.1) is 11.3 Å². The number of esters is 1. The molecule has 2 aromatic rings. The number of nitrogens with one attached hydrogen (secondary N) is 1.